The zero-order chi connectivity index (χ0) is 21.0. The van der Waals surface area contributed by atoms with E-state index < -0.39 is 0 Å². The summed E-state index contributed by atoms with van der Waals surface area (Å²) in [7, 11) is 0. The van der Waals surface area contributed by atoms with E-state index in [1.807, 2.05) is 43.5 Å². The minimum atomic E-state index is -0.347. The van der Waals surface area contributed by atoms with E-state index in [-0.39, 0.29) is 18.1 Å². The highest BCUT2D eigenvalue weighted by Crippen LogP contribution is 2.28. The van der Waals surface area contributed by atoms with Gasteiger partial charge < -0.3 is 9.88 Å². The van der Waals surface area contributed by atoms with E-state index in [0.29, 0.717) is 33.9 Å². The van der Waals surface area contributed by atoms with Crippen molar-refractivity contribution in [2.45, 2.75) is 44.6 Å². The van der Waals surface area contributed by atoms with Gasteiger partial charge in [-0.3, -0.25) is 4.79 Å². The van der Waals surface area contributed by atoms with Crippen LogP contribution in [0.3, 0.4) is 0 Å². The molecule has 1 amide bonds. The summed E-state index contributed by atoms with van der Waals surface area (Å²) in [5.74, 6) is 0.394. The monoisotopic (exact) mass is 432 g/mol. The van der Waals surface area contributed by atoms with Gasteiger partial charge >= 0.3 is 0 Å². The van der Waals surface area contributed by atoms with Crippen LogP contribution < -0.4 is 5.32 Å². The van der Waals surface area contributed by atoms with Gasteiger partial charge in [0.05, 0.1) is 6.42 Å². The second-order valence-corrected chi connectivity index (χ2v) is 8.02. The fourth-order valence-electron chi connectivity index (χ4n) is 2.89. The number of carbonyl (C=O) groups excluding carboxylic acids is 1. The van der Waals surface area contributed by atoms with Crippen molar-refractivity contribution in [2.24, 2.45) is 0 Å². The topological polar surface area (TPSA) is 59.8 Å². The third-order valence-electron chi connectivity index (χ3n) is 4.50. The van der Waals surface area contributed by atoms with Crippen LogP contribution in [-0.4, -0.2) is 20.7 Å². The Morgan fingerprint density at radius 3 is 2.76 bits per heavy atom. The Labute approximate surface area is 178 Å². The van der Waals surface area contributed by atoms with E-state index in [9.17, 15) is 9.18 Å². The molecule has 152 valence electrons. The van der Waals surface area contributed by atoms with Crippen molar-refractivity contribution in [1.82, 2.24) is 14.8 Å². The molecule has 1 aromatic heterocycles. The lowest BCUT2D eigenvalue weighted by Crippen LogP contribution is -2.18. The number of amides is 1. The number of aromatic nitrogens is 3. The number of rotatable bonds is 7. The predicted octanol–water partition coefficient (Wildman–Crippen LogP) is 5.18. The molecule has 0 aliphatic carbocycles. The molecule has 0 aliphatic rings. The maximum Gasteiger partial charge on any atom is 0.232 e. The first-order valence-electron chi connectivity index (χ1n) is 9.24. The van der Waals surface area contributed by atoms with Gasteiger partial charge in [0.25, 0.3) is 0 Å². The first kappa shape index (κ1) is 21.3. The van der Waals surface area contributed by atoms with Crippen molar-refractivity contribution in [2.75, 3.05) is 5.32 Å². The van der Waals surface area contributed by atoms with Crippen LogP contribution in [0.25, 0.3) is 0 Å². The van der Waals surface area contributed by atoms with Gasteiger partial charge in [0.1, 0.15) is 11.6 Å². The molecular weight excluding hydrogens is 411 g/mol. The summed E-state index contributed by atoms with van der Waals surface area (Å²) in [5, 5.41) is 12.3. The summed E-state index contributed by atoms with van der Waals surface area (Å²) < 4.78 is 15.9. The molecule has 29 heavy (non-hydrogen) atoms. The molecule has 0 aliphatic heterocycles. The first-order valence-corrected chi connectivity index (χ1v) is 10.6. The van der Waals surface area contributed by atoms with Crippen LogP contribution >= 0.6 is 23.4 Å². The van der Waals surface area contributed by atoms with E-state index in [1.165, 1.54) is 17.8 Å². The highest BCUT2D eigenvalue weighted by atomic mass is 35.5. The lowest BCUT2D eigenvalue weighted by Gasteiger charge is -2.10. The Bertz CT molecular complexity index is 1020. The van der Waals surface area contributed by atoms with Gasteiger partial charge in [-0.2, -0.15) is 0 Å². The van der Waals surface area contributed by atoms with E-state index in [4.69, 9.17) is 11.6 Å². The largest absolute Gasteiger partial charge is 0.325 e. The Morgan fingerprint density at radius 2 is 2.03 bits per heavy atom. The summed E-state index contributed by atoms with van der Waals surface area (Å²) in [6, 6.07) is 10.5. The van der Waals surface area contributed by atoms with Crippen LogP contribution in [-0.2, 0) is 23.5 Å². The Hall–Kier alpha value is -2.38. The number of hydrogen-bond donors (Lipinski definition) is 1. The molecule has 1 N–H and O–H groups in total. The fraction of sp³-hybridized carbons (Fsp3) is 0.286. The number of anilines is 1. The van der Waals surface area contributed by atoms with Crippen molar-refractivity contribution < 1.29 is 9.18 Å². The summed E-state index contributed by atoms with van der Waals surface area (Å²) >= 11 is 7.44. The molecule has 0 saturated heterocycles. The third kappa shape index (κ3) is 5.16. The molecule has 0 atom stereocenters. The maximum atomic E-state index is 14.0. The maximum absolute atomic E-state index is 14.0. The van der Waals surface area contributed by atoms with Crippen molar-refractivity contribution in [3.8, 4) is 0 Å². The highest BCUT2D eigenvalue weighted by Gasteiger charge is 2.17. The van der Waals surface area contributed by atoms with E-state index in [2.05, 4.69) is 15.5 Å². The van der Waals surface area contributed by atoms with Crippen LogP contribution in [0.2, 0.25) is 5.02 Å². The second kappa shape index (κ2) is 9.41. The van der Waals surface area contributed by atoms with Gasteiger partial charge in [-0.25, -0.2) is 4.39 Å². The normalized spacial score (nSPS) is 10.9. The van der Waals surface area contributed by atoms with Gasteiger partial charge in [-0.05, 0) is 50.1 Å². The number of benzene rings is 2. The summed E-state index contributed by atoms with van der Waals surface area (Å²) in [6.07, 6.45) is 0.106. The number of thioether (sulfide) groups is 1. The number of aryl methyl sites for hydroxylation is 2. The number of nitrogens with zero attached hydrogens (tertiary/aromatic N) is 3. The molecule has 3 rings (SSSR count). The minimum absolute atomic E-state index is 0.106. The number of halogens is 2. The SMILES string of the molecule is CCn1c(CC(=O)Nc2cc(C)ccc2C)nnc1SCc1c(F)cccc1Cl. The first-order chi connectivity index (χ1) is 13.9. The molecule has 2 aromatic carbocycles. The quantitative estimate of drug-likeness (QED) is 0.522. The fourth-order valence-corrected chi connectivity index (χ4v) is 4.25. The lowest BCUT2D eigenvalue weighted by atomic mass is 10.1. The molecule has 3 aromatic rings. The zero-order valence-corrected chi connectivity index (χ0v) is 18.1. The highest BCUT2D eigenvalue weighted by molar-refractivity contribution is 7.98. The molecule has 0 unspecified atom stereocenters. The zero-order valence-electron chi connectivity index (χ0n) is 16.5. The van der Waals surface area contributed by atoms with Crippen LogP contribution in [0.1, 0.15) is 29.4 Å². The molecule has 0 fully saturated rings. The predicted molar refractivity (Wildman–Crippen MR) is 115 cm³/mol. The van der Waals surface area contributed by atoms with E-state index >= 15 is 0 Å². The second-order valence-electron chi connectivity index (χ2n) is 6.68. The summed E-state index contributed by atoms with van der Waals surface area (Å²) in [4.78, 5) is 12.5. The number of carbonyl (C=O) groups is 1. The van der Waals surface area contributed by atoms with E-state index in [0.717, 1.165) is 16.8 Å². The van der Waals surface area contributed by atoms with Crippen molar-refractivity contribution >= 4 is 35.0 Å². The lowest BCUT2D eigenvalue weighted by molar-refractivity contribution is -0.115. The summed E-state index contributed by atoms with van der Waals surface area (Å²) in [6.45, 7) is 6.49. The Balaban J connectivity index is 1.70. The average Bonchev–Trinajstić information content (AvgIpc) is 3.05. The molecule has 0 spiro atoms. The molecule has 0 radical (unpaired) electrons. The van der Waals surface area contributed by atoms with Gasteiger partial charge in [0, 0.05) is 28.6 Å². The van der Waals surface area contributed by atoms with Gasteiger partial charge in [-0.15, -0.1) is 10.2 Å². The van der Waals surface area contributed by atoms with Crippen molar-refractivity contribution in [1.29, 1.82) is 0 Å². The van der Waals surface area contributed by atoms with Gasteiger partial charge in [0.2, 0.25) is 5.91 Å². The van der Waals surface area contributed by atoms with Crippen LogP contribution in [0.4, 0.5) is 10.1 Å². The number of nitrogens with one attached hydrogen (secondary N) is 1. The summed E-state index contributed by atoms with van der Waals surface area (Å²) in [5.41, 5.74) is 3.30. The molecular formula is C21H22ClFN4OS. The smallest absolute Gasteiger partial charge is 0.232 e. The molecule has 1 heterocycles. The molecule has 0 bridgehead atoms. The minimum Gasteiger partial charge on any atom is -0.325 e. The standard InChI is InChI=1S/C21H22ClFN4OS/c1-4-27-19(11-20(28)24-18-10-13(2)8-9-14(18)3)25-26-21(27)29-12-15-16(22)6-5-7-17(15)23/h5-10H,4,11-12H2,1-3H3,(H,24,28). The van der Waals surface area contributed by atoms with Crippen molar-refractivity contribution in [3.05, 3.63) is 69.8 Å². The van der Waals surface area contributed by atoms with Crippen molar-refractivity contribution in [3.63, 3.8) is 0 Å². The number of hydrogen-bond acceptors (Lipinski definition) is 4. The molecule has 8 heteroatoms. The molecule has 0 saturated carbocycles. The Morgan fingerprint density at radius 1 is 1.24 bits per heavy atom. The Kier molecular flexibility index (Phi) is 6.92. The van der Waals surface area contributed by atoms with Crippen LogP contribution in [0, 0.1) is 19.7 Å². The molecule has 5 nitrogen and oxygen atoms in total. The third-order valence-corrected chi connectivity index (χ3v) is 5.85. The van der Waals surface area contributed by atoms with Crippen LogP contribution in [0.15, 0.2) is 41.6 Å². The van der Waals surface area contributed by atoms with Gasteiger partial charge in [0.15, 0.2) is 5.16 Å². The average molecular weight is 433 g/mol. The van der Waals surface area contributed by atoms with Crippen LogP contribution in [0.5, 0.6) is 0 Å². The van der Waals surface area contributed by atoms with Gasteiger partial charge in [-0.1, -0.05) is 41.6 Å². The van der Waals surface area contributed by atoms with E-state index in [1.54, 1.807) is 12.1 Å².